The number of piperidine rings is 1. The topological polar surface area (TPSA) is 84.7 Å². The zero-order valence-electron chi connectivity index (χ0n) is 13.4. The first-order valence-corrected chi connectivity index (χ1v) is 8.27. The lowest BCUT2D eigenvalue weighted by Crippen LogP contribution is -2.40. The first-order chi connectivity index (χ1) is 11.0. The fourth-order valence-corrected chi connectivity index (χ4v) is 3.50. The van der Waals surface area contributed by atoms with Crippen LogP contribution in [0.5, 0.6) is 0 Å². The Hall–Kier alpha value is -2.05. The van der Waals surface area contributed by atoms with Crippen molar-refractivity contribution in [2.24, 2.45) is 7.05 Å². The smallest absolute Gasteiger partial charge is 0.410 e. The highest BCUT2D eigenvalue weighted by Crippen LogP contribution is 2.28. The summed E-state index contributed by atoms with van der Waals surface area (Å²) in [5, 5.41) is 13.4. The normalized spacial score (nSPS) is 22.3. The summed E-state index contributed by atoms with van der Waals surface area (Å²) in [4.78, 5) is 25.2. The van der Waals surface area contributed by atoms with Crippen molar-refractivity contribution in [3.05, 3.63) is 17.5 Å². The summed E-state index contributed by atoms with van der Waals surface area (Å²) in [5.41, 5.74) is 0.911. The van der Waals surface area contributed by atoms with Crippen molar-refractivity contribution in [2.45, 2.75) is 50.5 Å². The first-order valence-electron chi connectivity index (χ1n) is 8.27. The van der Waals surface area contributed by atoms with Gasteiger partial charge in [0.05, 0.1) is 5.69 Å². The molecular weight excluding hydrogens is 298 g/mol. The Bertz CT molecular complexity index is 592. The molecule has 7 nitrogen and oxygen atoms in total. The number of rotatable bonds is 3. The van der Waals surface area contributed by atoms with Crippen LogP contribution in [0, 0.1) is 0 Å². The van der Waals surface area contributed by atoms with Crippen LogP contribution >= 0.6 is 0 Å². The standard InChI is InChI=1S/C16H23N3O4/c1-18-14(15(20)21)9-13(17-18)11-5-4-8-19(10-11)16(22)23-12-6-2-3-7-12/h9,11-12H,2-8,10H2,1H3,(H,20,21). The molecule has 1 atom stereocenters. The van der Waals surface area contributed by atoms with E-state index in [4.69, 9.17) is 9.84 Å². The van der Waals surface area contributed by atoms with Crippen molar-refractivity contribution in [3.8, 4) is 0 Å². The van der Waals surface area contributed by atoms with E-state index >= 15 is 0 Å². The summed E-state index contributed by atoms with van der Waals surface area (Å²) in [6.45, 7) is 1.24. The Kier molecular flexibility index (Phi) is 4.54. The summed E-state index contributed by atoms with van der Waals surface area (Å²) in [6.07, 6.45) is 5.80. The maximum absolute atomic E-state index is 12.3. The van der Waals surface area contributed by atoms with Crippen molar-refractivity contribution < 1.29 is 19.4 Å². The molecule has 1 amide bonds. The van der Waals surface area contributed by atoms with Gasteiger partial charge in [0.2, 0.25) is 0 Å². The van der Waals surface area contributed by atoms with E-state index in [0.717, 1.165) is 44.2 Å². The molecule has 1 saturated heterocycles. The number of hydrogen-bond donors (Lipinski definition) is 1. The lowest BCUT2D eigenvalue weighted by atomic mass is 9.95. The van der Waals surface area contributed by atoms with E-state index in [1.807, 2.05) is 0 Å². The van der Waals surface area contributed by atoms with Gasteiger partial charge in [-0.25, -0.2) is 9.59 Å². The minimum absolute atomic E-state index is 0.0661. The van der Waals surface area contributed by atoms with E-state index in [1.54, 1.807) is 18.0 Å². The van der Waals surface area contributed by atoms with Crippen molar-refractivity contribution in [2.75, 3.05) is 13.1 Å². The van der Waals surface area contributed by atoms with Crippen molar-refractivity contribution in [1.29, 1.82) is 0 Å². The average molecular weight is 321 g/mol. The van der Waals surface area contributed by atoms with Crippen LogP contribution in [0.3, 0.4) is 0 Å². The number of aromatic nitrogens is 2. The van der Waals surface area contributed by atoms with Gasteiger partial charge in [-0.2, -0.15) is 5.10 Å². The van der Waals surface area contributed by atoms with Crippen LogP contribution in [0.4, 0.5) is 4.79 Å². The van der Waals surface area contributed by atoms with Crippen LogP contribution in [0.2, 0.25) is 0 Å². The molecule has 2 fully saturated rings. The maximum Gasteiger partial charge on any atom is 0.410 e. The fraction of sp³-hybridized carbons (Fsp3) is 0.688. The molecule has 1 aliphatic heterocycles. The molecule has 0 bridgehead atoms. The summed E-state index contributed by atoms with van der Waals surface area (Å²) in [6, 6.07) is 1.61. The van der Waals surface area contributed by atoms with E-state index < -0.39 is 5.97 Å². The van der Waals surface area contributed by atoms with Gasteiger partial charge in [0.15, 0.2) is 0 Å². The van der Waals surface area contributed by atoms with Crippen LogP contribution in [0.15, 0.2) is 6.07 Å². The molecule has 1 saturated carbocycles. The fourth-order valence-electron chi connectivity index (χ4n) is 3.50. The van der Waals surface area contributed by atoms with Gasteiger partial charge in [0.25, 0.3) is 0 Å². The lowest BCUT2D eigenvalue weighted by Gasteiger charge is -2.32. The molecule has 2 aliphatic rings. The van der Waals surface area contributed by atoms with E-state index in [1.165, 1.54) is 4.68 Å². The van der Waals surface area contributed by atoms with Gasteiger partial charge < -0.3 is 14.7 Å². The van der Waals surface area contributed by atoms with Crippen LogP contribution in [-0.4, -0.2) is 51.0 Å². The Labute approximate surface area is 135 Å². The molecule has 0 spiro atoms. The maximum atomic E-state index is 12.3. The Morgan fingerprint density at radius 1 is 1.26 bits per heavy atom. The lowest BCUT2D eigenvalue weighted by molar-refractivity contribution is 0.0574. The van der Waals surface area contributed by atoms with Gasteiger partial charge in [0, 0.05) is 26.1 Å². The van der Waals surface area contributed by atoms with Gasteiger partial charge in [0.1, 0.15) is 11.8 Å². The Morgan fingerprint density at radius 2 is 2.00 bits per heavy atom. The zero-order valence-corrected chi connectivity index (χ0v) is 13.4. The Balaban J connectivity index is 1.64. The molecule has 23 heavy (non-hydrogen) atoms. The van der Waals surface area contributed by atoms with Crippen LogP contribution in [0.1, 0.15) is 60.6 Å². The quantitative estimate of drug-likeness (QED) is 0.924. The first kappa shape index (κ1) is 15.8. The highest BCUT2D eigenvalue weighted by Gasteiger charge is 2.30. The molecule has 7 heteroatoms. The molecule has 1 aromatic rings. The van der Waals surface area contributed by atoms with E-state index in [0.29, 0.717) is 13.1 Å². The number of likely N-dealkylation sites (tertiary alicyclic amines) is 1. The number of carboxylic acid groups (broad SMARTS) is 1. The number of ether oxygens (including phenoxy) is 1. The predicted molar refractivity (Wildman–Crippen MR) is 82.5 cm³/mol. The van der Waals surface area contributed by atoms with Gasteiger partial charge in [-0.3, -0.25) is 4.68 Å². The predicted octanol–water partition coefficient (Wildman–Crippen LogP) is 2.38. The largest absolute Gasteiger partial charge is 0.477 e. The molecule has 1 aliphatic carbocycles. The van der Waals surface area contributed by atoms with E-state index in [-0.39, 0.29) is 23.8 Å². The van der Waals surface area contributed by atoms with Crippen molar-refractivity contribution in [3.63, 3.8) is 0 Å². The summed E-state index contributed by atoms with van der Waals surface area (Å²) < 4.78 is 6.95. The molecule has 1 N–H and O–H groups in total. The van der Waals surface area contributed by atoms with Gasteiger partial charge in [-0.15, -0.1) is 0 Å². The minimum atomic E-state index is -0.987. The Morgan fingerprint density at radius 3 is 2.65 bits per heavy atom. The third-order valence-electron chi connectivity index (χ3n) is 4.79. The van der Waals surface area contributed by atoms with Gasteiger partial charge in [-0.1, -0.05) is 0 Å². The second kappa shape index (κ2) is 6.60. The number of carboxylic acids is 1. The third kappa shape index (κ3) is 3.48. The summed E-state index contributed by atoms with van der Waals surface area (Å²) in [7, 11) is 1.63. The second-order valence-corrected chi connectivity index (χ2v) is 6.46. The number of aromatic carboxylic acids is 1. The van der Waals surface area contributed by atoms with Crippen LogP contribution in [-0.2, 0) is 11.8 Å². The summed E-state index contributed by atoms with van der Waals surface area (Å²) in [5.74, 6) is -0.918. The second-order valence-electron chi connectivity index (χ2n) is 6.46. The van der Waals surface area contributed by atoms with Crippen LogP contribution < -0.4 is 0 Å². The number of carbonyl (C=O) groups excluding carboxylic acids is 1. The molecule has 1 aromatic heterocycles. The molecule has 126 valence electrons. The molecule has 1 unspecified atom stereocenters. The molecule has 2 heterocycles. The number of amides is 1. The SMILES string of the molecule is Cn1nc(C2CCCN(C(=O)OC3CCCC3)C2)cc1C(=O)O. The number of aryl methyl sites for hydroxylation is 1. The number of hydrogen-bond acceptors (Lipinski definition) is 4. The highest BCUT2D eigenvalue weighted by molar-refractivity contribution is 5.85. The zero-order chi connectivity index (χ0) is 16.4. The molecule has 3 rings (SSSR count). The minimum Gasteiger partial charge on any atom is -0.477 e. The summed E-state index contributed by atoms with van der Waals surface area (Å²) >= 11 is 0. The molecule has 0 aromatic carbocycles. The highest BCUT2D eigenvalue weighted by atomic mass is 16.6. The average Bonchev–Trinajstić information content (AvgIpc) is 3.17. The third-order valence-corrected chi connectivity index (χ3v) is 4.79. The van der Waals surface area contributed by atoms with Gasteiger partial charge in [-0.05, 0) is 44.6 Å². The monoisotopic (exact) mass is 321 g/mol. The van der Waals surface area contributed by atoms with Gasteiger partial charge >= 0.3 is 12.1 Å². The van der Waals surface area contributed by atoms with Crippen molar-refractivity contribution >= 4 is 12.1 Å². The van der Waals surface area contributed by atoms with Crippen LogP contribution in [0.25, 0.3) is 0 Å². The van der Waals surface area contributed by atoms with E-state index in [9.17, 15) is 9.59 Å². The molecular formula is C16H23N3O4. The number of nitrogens with zero attached hydrogens (tertiary/aromatic N) is 3. The van der Waals surface area contributed by atoms with E-state index in [2.05, 4.69) is 5.10 Å². The molecule has 0 radical (unpaired) electrons. The number of carbonyl (C=O) groups is 2. The van der Waals surface area contributed by atoms with Crippen molar-refractivity contribution in [1.82, 2.24) is 14.7 Å².